The lowest BCUT2D eigenvalue weighted by atomic mass is 10.2. The molecule has 4 nitrogen and oxygen atoms in total. The van der Waals surface area contributed by atoms with E-state index in [9.17, 15) is 0 Å². The molecule has 0 aliphatic rings. The van der Waals surface area contributed by atoms with Gasteiger partial charge in [-0.3, -0.25) is 0 Å². The van der Waals surface area contributed by atoms with E-state index in [1.165, 1.54) is 5.56 Å². The van der Waals surface area contributed by atoms with E-state index >= 15 is 0 Å². The molecule has 0 aliphatic carbocycles. The topological polar surface area (TPSA) is 53.6 Å². The highest BCUT2D eigenvalue weighted by molar-refractivity contribution is 5.42. The molecule has 1 N–H and O–H groups in total. The second-order valence-corrected chi connectivity index (χ2v) is 4.86. The lowest BCUT2D eigenvalue weighted by molar-refractivity contribution is 0.587. The van der Waals surface area contributed by atoms with Crippen molar-refractivity contribution in [1.82, 2.24) is 15.1 Å². The first-order chi connectivity index (χ1) is 9.11. The van der Waals surface area contributed by atoms with E-state index in [1.807, 2.05) is 36.0 Å². The summed E-state index contributed by atoms with van der Waals surface area (Å²) in [5.74, 6) is 0. The minimum absolute atomic E-state index is 0.449. The molecule has 2 rings (SSSR count). The van der Waals surface area contributed by atoms with Crippen molar-refractivity contribution in [2.75, 3.05) is 0 Å². The molecule has 0 atom stereocenters. The molecule has 0 amide bonds. The predicted molar refractivity (Wildman–Crippen MR) is 75.0 cm³/mol. The van der Waals surface area contributed by atoms with Gasteiger partial charge in [0.2, 0.25) is 0 Å². The molecule has 1 heterocycles. The van der Waals surface area contributed by atoms with Crippen LogP contribution in [0.4, 0.5) is 0 Å². The molecular weight excluding hydrogens is 236 g/mol. The van der Waals surface area contributed by atoms with Crippen molar-refractivity contribution in [3.63, 3.8) is 0 Å². The van der Waals surface area contributed by atoms with Crippen LogP contribution in [0.3, 0.4) is 0 Å². The van der Waals surface area contributed by atoms with Crippen LogP contribution in [0.2, 0.25) is 0 Å². The average Bonchev–Trinajstić information content (AvgIpc) is 2.78. The summed E-state index contributed by atoms with van der Waals surface area (Å²) in [6.45, 7) is 7.09. The van der Waals surface area contributed by atoms with Crippen molar-refractivity contribution in [3.8, 4) is 11.8 Å². The van der Waals surface area contributed by atoms with Gasteiger partial charge >= 0.3 is 0 Å². The van der Waals surface area contributed by atoms with Crippen molar-refractivity contribution in [1.29, 1.82) is 5.26 Å². The molecule has 19 heavy (non-hydrogen) atoms. The Morgan fingerprint density at radius 1 is 1.42 bits per heavy atom. The Balaban J connectivity index is 2.28. The van der Waals surface area contributed by atoms with Crippen LogP contribution in [-0.4, -0.2) is 15.8 Å². The minimum Gasteiger partial charge on any atom is -0.310 e. The van der Waals surface area contributed by atoms with Crippen LogP contribution in [0.15, 0.2) is 30.5 Å². The molecule has 0 saturated heterocycles. The molecule has 4 heteroatoms. The van der Waals surface area contributed by atoms with E-state index in [0.717, 1.165) is 17.9 Å². The zero-order valence-electron chi connectivity index (χ0n) is 11.5. The second-order valence-electron chi connectivity index (χ2n) is 4.86. The van der Waals surface area contributed by atoms with Gasteiger partial charge in [-0.1, -0.05) is 19.9 Å². The quantitative estimate of drug-likeness (QED) is 0.912. The van der Waals surface area contributed by atoms with Gasteiger partial charge in [-0.2, -0.15) is 10.4 Å². The summed E-state index contributed by atoms with van der Waals surface area (Å²) in [7, 11) is 0. The van der Waals surface area contributed by atoms with Crippen LogP contribution in [0.5, 0.6) is 0 Å². The zero-order chi connectivity index (χ0) is 13.8. The van der Waals surface area contributed by atoms with E-state index in [-0.39, 0.29) is 0 Å². The lowest BCUT2D eigenvalue weighted by Crippen LogP contribution is -2.22. The van der Waals surface area contributed by atoms with Crippen LogP contribution in [0, 0.1) is 18.3 Å². The van der Waals surface area contributed by atoms with Crippen molar-refractivity contribution in [2.45, 2.75) is 33.4 Å². The Morgan fingerprint density at radius 2 is 2.21 bits per heavy atom. The maximum Gasteiger partial charge on any atom is 0.0992 e. The van der Waals surface area contributed by atoms with Crippen LogP contribution < -0.4 is 5.32 Å². The molecule has 0 fully saturated rings. The predicted octanol–water partition coefficient (Wildman–Crippen LogP) is 2.55. The molecular formula is C15H18N4. The molecule has 0 aliphatic heterocycles. The summed E-state index contributed by atoms with van der Waals surface area (Å²) >= 11 is 0. The van der Waals surface area contributed by atoms with Crippen LogP contribution >= 0.6 is 0 Å². The van der Waals surface area contributed by atoms with Crippen molar-refractivity contribution in [2.24, 2.45) is 0 Å². The second kappa shape index (κ2) is 5.68. The van der Waals surface area contributed by atoms with E-state index < -0.39 is 0 Å². The maximum absolute atomic E-state index is 8.94. The SMILES string of the molecule is Cc1c(CNC(C)C)cnn1-c1cccc(C#N)c1. The molecule has 98 valence electrons. The maximum atomic E-state index is 8.94. The first kappa shape index (κ1) is 13.3. The fourth-order valence-corrected chi connectivity index (χ4v) is 1.90. The number of benzene rings is 1. The Labute approximate surface area is 113 Å². The largest absolute Gasteiger partial charge is 0.310 e. The average molecular weight is 254 g/mol. The van der Waals surface area contributed by atoms with Gasteiger partial charge in [0.1, 0.15) is 0 Å². The number of nitrogens with zero attached hydrogens (tertiary/aromatic N) is 3. The fourth-order valence-electron chi connectivity index (χ4n) is 1.90. The molecule has 0 radical (unpaired) electrons. The number of hydrogen-bond donors (Lipinski definition) is 1. The number of nitriles is 1. The van der Waals surface area contributed by atoms with E-state index in [2.05, 4.69) is 30.3 Å². The highest BCUT2D eigenvalue weighted by atomic mass is 15.3. The molecule has 1 aromatic carbocycles. The number of aromatic nitrogens is 2. The number of rotatable bonds is 4. The third-order valence-electron chi connectivity index (χ3n) is 3.03. The highest BCUT2D eigenvalue weighted by Crippen LogP contribution is 2.15. The molecule has 0 spiro atoms. The van der Waals surface area contributed by atoms with Gasteiger partial charge in [-0.15, -0.1) is 0 Å². The Hall–Kier alpha value is -2.12. The number of nitrogens with one attached hydrogen (secondary N) is 1. The fraction of sp³-hybridized carbons (Fsp3) is 0.333. The normalized spacial score (nSPS) is 10.7. The molecule has 0 unspecified atom stereocenters. The zero-order valence-corrected chi connectivity index (χ0v) is 11.5. The van der Waals surface area contributed by atoms with Crippen LogP contribution in [0.25, 0.3) is 5.69 Å². The van der Waals surface area contributed by atoms with Gasteiger partial charge < -0.3 is 5.32 Å². The summed E-state index contributed by atoms with van der Waals surface area (Å²) in [4.78, 5) is 0. The van der Waals surface area contributed by atoms with Crippen molar-refractivity contribution < 1.29 is 0 Å². The third-order valence-corrected chi connectivity index (χ3v) is 3.03. The Bertz CT molecular complexity index is 605. The van der Waals surface area contributed by atoms with Gasteiger partial charge in [0, 0.05) is 23.8 Å². The van der Waals surface area contributed by atoms with Gasteiger partial charge in [0.25, 0.3) is 0 Å². The van der Waals surface area contributed by atoms with Gasteiger partial charge in [-0.05, 0) is 25.1 Å². The van der Waals surface area contributed by atoms with E-state index in [4.69, 9.17) is 5.26 Å². The summed E-state index contributed by atoms with van der Waals surface area (Å²) in [5.41, 5.74) is 3.85. The Morgan fingerprint density at radius 3 is 2.89 bits per heavy atom. The smallest absolute Gasteiger partial charge is 0.0992 e. The molecule has 0 saturated carbocycles. The van der Waals surface area contributed by atoms with Gasteiger partial charge in [0.15, 0.2) is 0 Å². The van der Waals surface area contributed by atoms with Crippen LogP contribution in [-0.2, 0) is 6.54 Å². The molecule has 2 aromatic rings. The monoisotopic (exact) mass is 254 g/mol. The van der Waals surface area contributed by atoms with Crippen molar-refractivity contribution in [3.05, 3.63) is 47.3 Å². The highest BCUT2D eigenvalue weighted by Gasteiger charge is 2.08. The Kier molecular flexibility index (Phi) is 3.98. The number of hydrogen-bond acceptors (Lipinski definition) is 3. The lowest BCUT2D eigenvalue weighted by Gasteiger charge is -2.08. The summed E-state index contributed by atoms with van der Waals surface area (Å²) < 4.78 is 1.87. The first-order valence-corrected chi connectivity index (χ1v) is 6.39. The van der Waals surface area contributed by atoms with E-state index in [0.29, 0.717) is 11.6 Å². The van der Waals surface area contributed by atoms with Crippen molar-refractivity contribution >= 4 is 0 Å². The van der Waals surface area contributed by atoms with Gasteiger partial charge in [-0.25, -0.2) is 4.68 Å². The summed E-state index contributed by atoms with van der Waals surface area (Å²) in [6.07, 6.45) is 1.88. The molecule has 0 bridgehead atoms. The van der Waals surface area contributed by atoms with Gasteiger partial charge in [0.05, 0.1) is 23.5 Å². The summed E-state index contributed by atoms with van der Waals surface area (Å²) in [5, 5.41) is 16.7. The standard InChI is InChI=1S/C15H18N4/c1-11(2)17-9-14-10-18-19(12(14)3)15-6-4-5-13(7-15)8-16/h4-7,10-11,17H,9H2,1-3H3. The molecule has 1 aromatic heterocycles. The third kappa shape index (κ3) is 3.01. The van der Waals surface area contributed by atoms with Crippen LogP contribution in [0.1, 0.15) is 30.7 Å². The summed E-state index contributed by atoms with van der Waals surface area (Å²) in [6, 6.07) is 10.1. The van der Waals surface area contributed by atoms with E-state index in [1.54, 1.807) is 6.07 Å². The minimum atomic E-state index is 0.449. The first-order valence-electron chi connectivity index (χ1n) is 6.39.